The van der Waals surface area contributed by atoms with Gasteiger partial charge in [0.2, 0.25) is 5.95 Å². The smallest absolute Gasteiger partial charge is 0.226 e. The highest BCUT2D eigenvalue weighted by Crippen LogP contribution is 2.50. The Morgan fingerprint density at radius 2 is 1.74 bits per heavy atom. The second-order valence-electron chi connectivity index (χ2n) is 7.45. The van der Waals surface area contributed by atoms with Crippen LogP contribution in [0.4, 0.5) is 10.3 Å². The Hall–Kier alpha value is -3.45. The van der Waals surface area contributed by atoms with Crippen LogP contribution in [0.25, 0.3) is 5.70 Å². The van der Waals surface area contributed by atoms with Crippen LogP contribution in [0.15, 0.2) is 89.2 Å². The molecule has 0 spiro atoms. The summed E-state index contributed by atoms with van der Waals surface area (Å²) < 4.78 is 24.2. The number of nitrogens with one attached hydrogen (secondary N) is 1. The second kappa shape index (κ2) is 7.06. The molecule has 31 heavy (non-hydrogen) atoms. The summed E-state index contributed by atoms with van der Waals surface area (Å²) >= 11 is 3.51. The lowest BCUT2D eigenvalue weighted by molar-refractivity contribution is 0.218. The Kier molecular flexibility index (Phi) is 4.17. The van der Waals surface area contributed by atoms with Gasteiger partial charge in [-0.25, -0.2) is 9.07 Å². The van der Waals surface area contributed by atoms with Crippen molar-refractivity contribution in [1.29, 1.82) is 0 Å². The molecule has 0 radical (unpaired) electrons. The standard InChI is InChI=1S/C24H16BrFN4O/c25-15-11-9-14(10-12-15)22-20-21(29-24-27-13-28-30(22)24)17-6-2-4-8-19(17)31-23(20)16-5-1-3-7-18(16)26/h1-13,22-23H,(H,27,28,29)/t22-,23+/m0/s1. The number of anilines is 1. The van der Waals surface area contributed by atoms with Crippen LogP contribution >= 0.6 is 15.9 Å². The molecular formula is C24H16BrFN4O. The lowest BCUT2D eigenvalue weighted by Gasteiger charge is -2.39. The van der Waals surface area contributed by atoms with Crippen LogP contribution < -0.4 is 10.1 Å². The molecule has 0 saturated carbocycles. The van der Waals surface area contributed by atoms with E-state index in [0.717, 1.165) is 26.9 Å². The summed E-state index contributed by atoms with van der Waals surface area (Å²) in [5.74, 6) is 1.03. The SMILES string of the molecule is Fc1ccccc1[C@H]1Oc2ccccc2C2=C1[C@H](c1ccc(Br)cc1)n1ncnc1N2. The van der Waals surface area contributed by atoms with E-state index < -0.39 is 6.10 Å². The number of fused-ring (bicyclic) bond motifs is 3. The van der Waals surface area contributed by atoms with Gasteiger partial charge in [-0.15, -0.1) is 0 Å². The van der Waals surface area contributed by atoms with Crippen molar-refractivity contribution >= 4 is 27.6 Å². The minimum absolute atomic E-state index is 0.306. The fraction of sp³-hybridized carbons (Fsp3) is 0.0833. The van der Waals surface area contributed by atoms with Crippen LogP contribution in [-0.2, 0) is 0 Å². The van der Waals surface area contributed by atoms with Crippen molar-refractivity contribution in [2.75, 3.05) is 5.32 Å². The summed E-state index contributed by atoms with van der Waals surface area (Å²) in [7, 11) is 0. The molecule has 2 aliphatic rings. The zero-order chi connectivity index (χ0) is 20.9. The number of hydrogen-bond donors (Lipinski definition) is 1. The van der Waals surface area contributed by atoms with Crippen molar-refractivity contribution in [3.05, 3.63) is 112 Å². The van der Waals surface area contributed by atoms with Crippen LogP contribution in [0.1, 0.15) is 28.8 Å². The van der Waals surface area contributed by atoms with E-state index in [0.29, 0.717) is 17.3 Å². The molecule has 0 fully saturated rings. The van der Waals surface area contributed by atoms with Gasteiger partial charge in [0.15, 0.2) is 6.10 Å². The normalized spacial score (nSPS) is 19.0. The van der Waals surface area contributed by atoms with Crippen molar-refractivity contribution < 1.29 is 9.13 Å². The van der Waals surface area contributed by atoms with E-state index in [4.69, 9.17) is 4.74 Å². The fourth-order valence-electron chi connectivity index (χ4n) is 4.33. The summed E-state index contributed by atoms with van der Waals surface area (Å²) in [4.78, 5) is 4.41. The van der Waals surface area contributed by atoms with Gasteiger partial charge in [0.1, 0.15) is 23.9 Å². The first kappa shape index (κ1) is 18.3. The first-order chi connectivity index (χ1) is 15.2. The number of para-hydroxylation sites is 1. The molecule has 5 nitrogen and oxygen atoms in total. The highest BCUT2D eigenvalue weighted by atomic mass is 79.9. The molecule has 1 aromatic heterocycles. The summed E-state index contributed by atoms with van der Waals surface area (Å²) in [6.07, 6.45) is 0.905. The van der Waals surface area contributed by atoms with Crippen molar-refractivity contribution in [3.8, 4) is 5.75 Å². The Bertz CT molecular complexity index is 1330. The number of ether oxygens (including phenoxy) is 1. The number of halogens is 2. The molecule has 0 amide bonds. The Morgan fingerprint density at radius 3 is 2.58 bits per heavy atom. The van der Waals surface area contributed by atoms with Gasteiger partial charge in [-0.05, 0) is 35.9 Å². The molecule has 6 rings (SSSR count). The third-order valence-electron chi connectivity index (χ3n) is 5.69. The van der Waals surface area contributed by atoms with E-state index >= 15 is 0 Å². The van der Waals surface area contributed by atoms with Crippen LogP contribution in [0.3, 0.4) is 0 Å². The highest BCUT2D eigenvalue weighted by molar-refractivity contribution is 9.10. The average Bonchev–Trinajstić information content (AvgIpc) is 3.27. The van der Waals surface area contributed by atoms with Crippen molar-refractivity contribution in [1.82, 2.24) is 14.8 Å². The molecule has 3 heterocycles. The van der Waals surface area contributed by atoms with Crippen LogP contribution in [-0.4, -0.2) is 14.8 Å². The Labute approximate surface area is 186 Å². The van der Waals surface area contributed by atoms with Crippen molar-refractivity contribution in [2.24, 2.45) is 0 Å². The quantitative estimate of drug-likeness (QED) is 0.402. The summed E-state index contributed by atoms with van der Waals surface area (Å²) in [6.45, 7) is 0. The third kappa shape index (κ3) is 2.88. The molecule has 0 unspecified atom stereocenters. The molecule has 152 valence electrons. The minimum Gasteiger partial charge on any atom is -0.480 e. The van der Waals surface area contributed by atoms with E-state index in [1.807, 2.05) is 59.3 Å². The molecule has 4 aromatic rings. The summed E-state index contributed by atoms with van der Waals surface area (Å²) in [5.41, 5.74) is 4.18. The Morgan fingerprint density at radius 1 is 0.968 bits per heavy atom. The van der Waals surface area contributed by atoms with Crippen molar-refractivity contribution in [3.63, 3.8) is 0 Å². The van der Waals surface area contributed by atoms with E-state index in [1.54, 1.807) is 12.1 Å². The van der Waals surface area contributed by atoms with Gasteiger partial charge in [0, 0.05) is 21.2 Å². The molecule has 1 N–H and O–H groups in total. The maximum atomic E-state index is 15.0. The number of hydrogen-bond acceptors (Lipinski definition) is 4. The van der Waals surface area contributed by atoms with Gasteiger partial charge in [-0.2, -0.15) is 10.1 Å². The number of nitrogens with zero attached hydrogens (tertiary/aromatic N) is 3. The molecule has 0 saturated heterocycles. The third-order valence-corrected chi connectivity index (χ3v) is 6.22. The maximum absolute atomic E-state index is 15.0. The van der Waals surface area contributed by atoms with Gasteiger partial charge in [-0.1, -0.05) is 58.4 Å². The molecule has 0 aliphatic carbocycles. The summed E-state index contributed by atoms with van der Waals surface area (Å²) in [6, 6.07) is 22.3. The van der Waals surface area contributed by atoms with E-state index in [9.17, 15) is 4.39 Å². The van der Waals surface area contributed by atoms with Gasteiger partial charge >= 0.3 is 0 Å². The van der Waals surface area contributed by atoms with Gasteiger partial charge in [0.25, 0.3) is 0 Å². The zero-order valence-electron chi connectivity index (χ0n) is 16.2. The first-order valence-electron chi connectivity index (χ1n) is 9.87. The van der Waals surface area contributed by atoms with E-state index in [1.165, 1.54) is 12.4 Å². The first-order valence-corrected chi connectivity index (χ1v) is 10.7. The van der Waals surface area contributed by atoms with E-state index in [2.05, 4.69) is 31.3 Å². The fourth-order valence-corrected chi connectivity index (χ4v) is 4.59. The molecule has 0 bridgehead atoms. The molecule has 3 aromatic carbocycles. The van der Waals surface area contributed by atoms with Crippen LogP contribution in [0.5, 0.6) is 5.75 Å². The summed E-state index contributed by atoms with van der Waals surface area (Å²) in [5, 5.41) is 7.91. The molecule has 2 atom stereocenters. The largest absolute Gasteiger partial charge is 0.480 e. The molecule has 7 heteroatoms. The predicted molar refractivity (Wildman–Crippen MR) is 119 cm³/mol. The van der Waals surface area contributed by atoms with Gasteiger partial charge in [-0.3, -0.25) is 0 Å². The number of rotatable bonds is 2. The number of benzene rings is 3. The molecule has 2 aliphatic heterocycles. The molecular weight excluding hydrogens is 459 g/mol. The highest BCUT2D eigenvalue weighted by Gasteiger charge is 2.41. The van der Waals surface area contributed by atoms with Crippen LogP contribution in [0, 0.1) is 5.82 Å². The maximum Gasteiger partial charge on any atom is 0.226 e. The minimum atomic E-state index is -0.621. The Balaban J connectivity index is 1.65. The predicted octanol–water partition coefficient (Wildman–Crippen LogP) is 5.74. The van der Waals surface area contributed by atoms with Crippen LogP contribution in [0.2, 0.25) is 0 Å². The van der Waals surface area contributed by atoms with Crippen molar-refractivity contribution in [2.45, 2.75) is 12.1 Å². The second-order valence-corrected chi connectivity index (χ2v) is 8.37. The van der Waals surface area contributed by atoms with Gasteiger partial charge in [0.05, 0.1) is 5.70 Å². The zero-order valence-corrected chi connectivity index (χ0v) is 17.8. The topological polar surface area (TPSA) is 52.0 Å². The average molecular weight is 475 g/mol. The lowest BCUT2D eigenvalue weighted by Crippen LogP contribution is -2.32. The number of aromatic nitrogens is 3. The van der Waals surface area contributed by atoms with Gasteiger partial charge < -0.3 is 10.1 Å². The van der Waals surface area contributed by atoms with E-state index in [-0.39, 0.29) is 11.9 Å². The monoisotopic (exact) mass is 474 g/mol. The lowest BCUT2D eigenvalue weighted by atomic mass is 9.84.